The lowest BCUT2D eigenvalue weighted by Crippen LogP contribution is -2.48. The lowest BCUT2D eigenvalue weighted by Gasteiger charge is -2.37. The highest BCUT2D eigenvalue weighted by Crippen LogP contribution is 2.31. The molecule has 1 aromatic heterocycles. The summed E-state index contributed by atoms with van der Waals surface area (Å²) < 4.78 is 26.6. The largest absolute Gasteiger partial charge is 0.388 e. The van der Waals surface area contributed by atoms with Gasteiger partial charge in [-0.1, -0.05) is 11.3 Å². The summed E-state index contributed by atoms with van der Waals surface area (Å²) in [6, 6.07) is 0. The number of hydrogen-bond donors (Lipinski definition) is 2. The number of β-amino-alcohol motifs (C(OH)–C–C–N with tert-alkyl or cyclic N) is 1. The van der Waals surface area contributed by atoms with Gasteiger partial charge in [-0.3, -0.25) is 4.79 Å². The van der Waals surface area contributed by atoms with Crippen molar-refractivity contribution in [2.24, 2.45) is 0 Å². The fourth-order valence-corrected chi connectivity index (χ4v) is 4.56. The van der Waals surface area contributed by atoms with Gasteiger partial charge in [-0.25, -0.2) is 13.8 Å². The van der Waals surface area contributed by atoms with Gasteiger partial charge < -0.3 is 20.6 Å². The molecule has 2 saturated heterocycles. The summed E-state index contributed by atoms with van der Waals surface area (Å²) in [5.74, 6) is -2.68. The molecule has 2 aliphatic rings. The molecule has 26 heavy (non-hydrogen) atoms. The molecule has 146 valence electrons. The number of thiazole rings is 1. The number of anilines is 1. The smallest absolute Gasteiger partial charge is 0.265 e. The van der Waals surface area contributed by atoms with E-state index in [0.717, 1.165) is 0 Å². The van der Waals surface area contributed by atoms with Gasteiger partial charge in [-0.2, -0.15) is 0 Å². The fraction of sp³-hybridized carbons (Fsp3) is 0.765. The van der Waals surface area contributed by atoms with Gasteiger partial charge in [0.05, 0.1) is 11.3 Å². The Kier molecular flexibility index (Phi) is 5.50. The summed E-state index contributed by atoms with van der Waals surface area (Å²) >= 11 is 1.18. The highest BCUT2D eigenvalue weighted by Gasteiger charge is 2.38. The number of aromatic nitrogens is 1. The van der Waals surface area contributed by atoms with Crippen molar-refractivity contribution in [1.29, 1.82) is 0 Å². The third kappa shape index (κ3) is 4.50. The highest BCUT2D eigenvalue weighted by atomic mass is 32.1. The zero-order valence-electron chi connectivity index (χ0n) is 15.0. The van der Waals surface area contributed by atoms with Crippen molar-refractivity contribution in [2.75, 3.05) is 38.5 Å². The summed E-state index contributed by atoms with van der Waals surface area (Å²) in [5.41, 5.74) is 5.37. The van der Waals surface area contributed by atoms with E-state index in [1.807, 2.05) is 4.90 Å². The second-order valence-electron chi connectivity index (χ2n) is 7.47. The van der Waals surface area contributed by atoms with Crippen LogP contribution in [0.3, 0.4) is 0 Å². The molecule has 0 bridgehead atoms. The normalized spacial score (nSPS) is 27.3. The zero-order chi connectivity index (χ0) is 18.9. The number of carbonyl (C=O) groups excluding carboxylic acids is 1. The highest BCUT2D eigenvalue weighted by molar-refractivity contribution is 7.17. The summed E-state index contributed by atoms with van der Waals surface area (Å²) in [6.45, 7) is 3.76. The van der Waals surface area contributed by atoms with Crippen molar-refractivity contribution in [3.8, 4) is 0 Å². The van der Waals surface area contributed by atoms with Gasteiger partial charge >= 0.3 is 0 Å². The maximum atomic E-state index is 13.3. The SMILES string of the molecule is Cc1nc(N)sc1C(=O)N1CCC[C@](O)(CN2CCC(F)(F)CC2)CC1. The number of aryl methyl sites for hydroxylation is 1. The number of carbonyl (C=O) groups is 1. The third-order valence-corrected chi connectivity index (χ3v) is 6.29. The van der Waals surface area contributed by atoms with Crippen molar-refractivity contribution >= 4 is 22.4 Å². The Morgan fingerprint density at radius 3 is 2.54 bits per heavy atom. The Labute approximate surface area is 156 Å². The van der Waals surface area contributed by atoms with Crippen LogP contribution in [0.4, 0.5) is 13.9 Å². The number of alkyl halides is 2. The van der Waals surface area contributed by atoms with Crippen LogP contribution in [0, 0.1) is 6.92 Å². The molecule has 0 saturated carbocycles. The predicted molar refractivity (Wildman–Crippen MR) is 96.6 cm³/mol. The molecule has 0 unspecified atom stereocenters. The molecule has 2 aliphatic heterocycles. The van der Waals surface area contributed by atoms with Gasteiger partial charge in [0.2, 0.25) is 0 Å². The lowest BCUT2D eigenvalue weighted by atomic mass is 9.93. The lowest BCUT2D eigenvalue weighted by molar-refractivity contribution is -0.0768. The number of nitrogen functional groups attached to an aromatic ring is 1. The van der Waals surface area contributed by atoms with Crippen molar-refractivity contribution in [2.45, 2.75) is 50.6 Å². The van der Waals surface area contributed by atoms with Crippen LogP contribution < -0.4 is 5.73 Å². The van der Waals surface area contributed by atoms with E-state index in [9.17, 15) is 18.7 Å². The van der Waals surface area contributed by atoms with Crippen LogP contribution >= 0.6 is 11.3 Å². The average molecular weight is 388 g/mol. The van der Waals surface area contributed by atoms with Crippen LogP contribution in [0.1, 0.15) is 47.5 Å². The van der Waals surface area contributed by atoms with E-state index in [4.69, 9.17) is 5.73 Å². The van der Waals surface area contributed by atoms with E-state index >= 15 is 0 Å². The number of nitrogens with zero attached hydrogens (tertiary/aromatic N) is 3. The fourth-order valence-electron chi connectivity index (χ4n) is 3.75. The Balaban J connectivity index is 1.59. The maximum Gasteiger partial charge on any atom is 0.265 e. The minimum absolute atomic E-state index is 0.0986. The van der Waals surface area contributed by atoms with E-state index in [1.54, 1.807) is 11.8 Å². The first-order chi connectivity index (χ1) is 12.2. The number of aliphatic hydroxyl groups is 1. The summed E-state index contributed by atoms with van der Waals surface area (Å²) in [6.07, 6.45) is 1.38. The van der Waals surface area contributed by atoms with Gasteiger partial charge in [0, 0.05) is 45.6 Å². The van der Waals surface area contributed by atoms with Crippen molar-refractivity contribution in [1.82, 2.24) is 14.8 Å². The van der Waals surface area contributed by atoms with E-state index < -0.39 is 11.5 Å². The summed E-state index contributed by atoms with van der Waals surface area (Å²) in [4.78, 5) is 21.0. The number of piperidine rings is 1. The predicted octanol–water partition coefficient (Wildman–Crippen LogP) is 2.12. The van der Waals surface area contributed by atoms with E-state index in [2.05, 4.69) is 4.98 Å². The van der Waals surface area contributed by atoms with Crippen molar-refractivity contribution in [3.05, 3.63) is 10.6 Å². The first kappa shape index (κ1) is 19.4. The standard InChI is InChI=1S/C17H26F2N4O2S/c1-12-13(26-15(20)21-12)14(24)23-7-2-3-16(25,4-10-23)11-22-8-5-17(18,19)6-9-22/h25H,2-11H2,1H3,(H2,20,21)/t16-/m1/s1. The first-order valence-electron chi connectivity index (χ1n) is 9.02. The summed E-state index contributed by atoms with van der Waals surface area (Å²) in [7, 11) is 0. The average Bonchev–Trinajstić information content (AvgIpc) is 2.78. The van der Waals surface area contributed by atoms with E-state index in [-0.39, 0.29) is 18.7 Å². The molecule has 0 spiro atoms. The Hall–Kier alpha value is -1.32. The van der Waals surface area contributed by atoms with Gasteiger partial charge in [0.15, 0.2) is 5.13 Å². The van der Waals surface area contributed by atoms with Gasteiger partial charge in [-0.15, -0.1) is 0 Å². The maximum absolute atomic E-state index is 13.3. The monoisotopic (exact) mass is 388 g/mol. The molecule has 1 aromatic rings. The second-order valence-corrected chi connectivity index (χ2v) is 8.50. The van der Waals surface area contributed by atoms with Gasteiger partial charge in [0.1, 0.15) is 4.88 Å². The number of likely N-dealkylation sites (tertiary alicyclic amines) is 2. The van der Waals surface area contributed by atoms with Crippen LogP contribution in [-0.2, 0) is 0 Å². The number of amides is 1. The molecule has 6 nitrogen and oxygen atoms in total. The molecule has 0 radical (unpaired) electrons. The molecule has 3 rings (SSSR count). The van der Waals surface area contributed by atoms with Crippen LogP contribution in [0.15, 0.2) is 0 Å². The minimum Gasteiger partial charge on any atom is -0.388 e. The van der Waals surface area contributed by atoms with Crippen molar-refractivity contribution < 1.29 is 18.7 Å². The molecule has 0 aromatic carbocycles. The van der Waals surface area contributed by atoms with Gasteiger partial charge in [0.25, 0.3) is 11.8 Å². The Morgan fingerprint density at radius 2 is 1.92 bits per heavy atom. The molecule has 1 atom stereocenters. The topological polar surface area (TPSA) is 82.7 Å². The number of halogens is 2. The second kappa shape index (κ2) is 7.36. The molecular weight excluding hydrogens is 362 g/mol. The number of nitrogens with two attached hydrogens (primary N) is 1. The molecule has 3 N–H and O–H groups in total. The Bertz CT molecular complexity index is 659. The molecule has 3 heterocycles. The third-order valence-electron chi connectivity index (χ3n) is 5.32. The van der Waals surface area contributed by atoms with E-state index in [1.165, 1.54) is 11.3 Å². The molecule has 0 aliphatic carbocycles. The van der Waals surface area contributed by atoms with Crippen LogP contribution in [-0.4, -0.2) is 70.0 Å². The van der Waals surface area contributed by atoms with Crippen LogP contribution in [0.25, 0.3) is 0 Å². The quantitative estimate of drug-likeness (QED) is 0.829. The molecule has 9 heteroatoms. The zero-order valence-corrected chi connectivity index (χ0v) is 15.8. The molecular formula is C17H26F2N4O2S. The van der Waals surface area contributed by atoms with Crippen LogP contribution in [0.5, 0.6) is 0 Å². The number of rotatable bonds is 3. The summed E-state index contributed by atoms with van der Waals surface area (Å²) in [5, 5.41) is 11.3. The van der Waals surface area contributed by atoms with E-state index in [0.29, 0.717) is 67.7 Å². The van der Waals surface area contributed by atoms with Gasteiger partial charge in [-0.05, 0) is 26.2 Å². The Morgan fingerprint density at radius 1 is 1.23 bits per heavy atom. The minimum atomic E-state index is -2.58. The number of hydrogen-bond acceptors (Lipinski definition) is 6. The molecule has 1 amide bonds. The molecule has 2 fully saturated rings. The first-order valence-corrected chi connectivity index (χ1v) is 9.84. The van der Waals surface area contributed by atoms with Crippen molar-refractivity contribution in [3.63, 3.8) is 0 Å². The van der Waals surface area contributed by atoms with Crippen LogP contribution in [0.2, 0.25) is 0 Å².